The van der Waals surface area contributed by atoms with Gasteiger partial charge in [-0.25, -0.2) is 4.39 Å². The number of anilines is 1. The molecule has 4 nitrogen and oxygen atoms in total. The Morgan fingerprint density at radius 3 is 2.67 bits per heavy atom. The van der Waals surface area contributed by atoms with Gasteiger partial charge in [0.2, 0.25) is 5.91 Å². The van der Waals surface area contributed by atoms with Gasteiger partial charge in [-0.05, 0) is 31.0 Å². The van der Waals surface area contributed by atoms with Gasteiger partial charge in [-0.1, -0.05) is 24.4 Å². The topological polar surface area (TPSA) is 49.4 Å². The van der Waals surface area contributed by atoms with E-state index in [1.54, 1.807) is 0 Å². The molecule has 0 aromatic heterocycles. The quantitative estimate of drug-likeness (QED) is 0.873. The summed E-state index contributed by atoms with van der Waals surface area (Å²) in [6, 6.07) is 3.41. The van der Waals surface area contributed by atoms with Crippen molar-refractivity contribution in [1.82, 2.24) is 4.90 Å². The number of rotatable bonds is 3. The van der Waals surface area contributed by atoms with E-state index in [1.807, 2.05) is 0 Å². The van der Waals surface area contributed by atoms with Crippen LogP contribution in [0.5, 0.6) is 0 Å². The van der Waals surface area contributed by atoms with E-state index >= 15 is 0 Å². The van der Waals surface area contributed by atoms with E-state index in [-0.39, 0.29) is 30.0 Å². The van der Waals surface area contributed by atoms with Gasteiger partial charge < -0.3 is 5.32 Å². The number of benzene rings is 1. The van der Waals surface area contributed by atoms with Crippen LogP contribution in [0.4, 0.5) is 10.1 Å². The maximum absolute atomic E-state index is 13.7. The summed E-state index contributed by atoms with van der Waals surface area (Å²) in [4.78, 5) is 25.8. The van der Waals surface area contributed by atoms with Crippen molar-refractivity contribution >= 4 is 29.1 Å². The minimum absolute atomic E-state index is 0.0148. The van der Waals surface area contributed by atoms with Gasteiger partial charge in [-0.3, -0.25) is 14.5 Å². The van der Waals surface area contributed by atoms with Crippen LogP contribution in [0.15, 0.2) is 18.2 Å². The van der Waals surface area contributed by atoms with Crippen LogP contribution in [0.25, 0.3) is 0 Å². The van der Waals surface area contributed by atoms with Gasteiger partial charge in [0.1, 0.15) is 11.9 Å². The van der Waals surface area contributed by atoms with Crippen molar-refractivity contribution in [3.05, 3.63) is 29.0 Å². The number of nitrogens with zero attached hydrogens (tertiary/aromatic N) is 1. The second-order valence-corrected chi connectivity index (χ2v) is 6.00. The average molecular weight is 311 g/mol. The van der Waals surface area contributed by atoms with Crippen molar-refractivity contribution in [3.8, 4) is 0 Å². The number of halogens is 2. The first-order valence-electron chi connectivity index (χ1n) is 7.14. The zero-order chi connectivity index (χ0) is 15.0. The van der Waals surface area contributed by atoms with E-state index in [2.05, 4.69) is 5.32 Å². The van der Waals surface area contributed by atoms with E-state index < -0.39 is 11.9 Å². The molecule has 1 N–H and O–H groups in total. The summed E-state index contributed by atoms with van der Waals surface area (Å²) < 4.78 is 13.7. The number of likely N-dealkylation sites (tertiary alicyclic amines) is 1. The molecule has 1 heterocycles. The van der Waals surface area contributed by atoms with Crippen LogP contribution in [0.1, 0.15) is 32.1 Å². The number of hydrogen-bond acceptors (Lipinski definition) is 3. The highest BCUT2D eigenvalue weighted by molar-refractivity contribution is 6.30. The molecule has 2 amide bonds. The molecule has 1 saturated carbocycles. The van der Waals surface area contributed by atoms with Gasteiger partial charge in [0.05, 0.1) is 12.1 Å². The van der Waals surface area contributed by atoms with E-state index in [4.69, 9.17) is 11.6 Å². The van der Waals surface area contributed by atoms with Crippen LogP contribution < -0.4 is 5.32 Å². The maximum Gasteiger partial charge on any atom is 0.252 e. The summed E-state index contributed by atoms with van der Waals surface area (Å²) in [5.74, 6) is -0.919. The Morgan fingerprint density at radius 2 is 1.95 bits per heavy atom. The molecule has 0 spiro atoms. The second-order valence-electron chi connectivity index (χ2n) is 5.57. The van der Waals surface area contributed by atoms with Crippen molar-refractivity contribution in [2.45, 2.75) is 44.2 Å². The summed E-state index contributed by atoms with van der Waals surface area (Å²) in [7, 11) is 0. The molecule has 0 bridgehead atoms. The Balaban J connectivity index is 1.76. The molecule has 1 atom stereocenters. The molecule has 1 aliphatic carbocycles. The maximum atomic E-state index is 13.7. The van der Waals surface area contributed by atoms with Crippen LogP contribution >= 0.6 is 11.6 Å². The molecule has 1 unspecified atom stereocenters. The lowest BCUT2D eigenvalue weighted by molar-refractivity contribution is -0.141. The zero-order valence-corrected chi connectivity index (χ0v) is 12.2. The molecule has 1 aromatic carbocycles. The zero-order valence-electron chi connectivity index (χ0n) is 11.4. The number of imide groups is 1. The number of nitrogens with one attached hydrogen (secondary N) is 1. The number of hydrogen-bond donors (Lipinski definition) is 1. The molecule has 3 rings (SSSR count). The van der Waals surface area contributed by atoms with E-state index in [9.17, 15) is 14.0 Å². The van der Waals surface area contributed by atoms with Gasteiger partial charge in [0, 0.05) is 11.1 Å². The molecule has 1 aromatic rings. The van der Waals surface area contributed by atoms with Crippen molar-refractivity contribution in [2.75, 3.05) is 5.32 Å². The molecule has 2 fully saturated rings. The summed E-state index contributed by atoms with van der Waals surface area (Å²) in [5, 5.41) is 3.19. The first-order valence-corrected chi connectivity index (χ1v) is 7.51. The highest BCUT2D eigenvalue weighted by Crippen LogP contribution is 2.30. The van der Waals surface area contributed by atoms with Gasteiger partial charge >= 0.3 is 0 Å². The van der Waals surface area contributed by atoms with Crippen molar-refractivity contribution in [1.29, 1.82) is 0 Å². The Bertz CT molecular complexity index is 587. The van der Waals surface area contributed by atoms with Crippen molar-refractivity contribution in [2.24, 2.45) is 0 Å². The SMILES string of the molecule is O=C1CC(Nc2cc(Cl)ccc2F)C(=O)N1C1CCCC1. The molecule has 1 saturated heterocycles. The van der Waals surface area contributed by atoms with Gasteiger partial charge in [-0.15, -0.1) is 0 Å². The normalized spacial score (nSPS) is 23.1. The molecule has 2 aliphatic rings. The fourth-order valence-corrected chi connectivity index (χ4v) is 3.28. The second kappa shape index (κ2) is 5.64. The Kier molecular flexibility index (Phi) is 3.85. The lowest BCUT2D eigenvalue weighted by atomic mass is 10.2. The van der Waals surface area contributed by atoms with Crippen LogP contribution in [0.2, 0.25) is 5.02 Å². The van der Waals surface area contributed by atoms with E-state index in [1.165, 1.54) is 23.1 Å². The molecular weight excluding hydrogens is 295 g/mol. The Labute approximate surface area is 127 Å². The van der Waals surface area contributed by atoms with Gasteiger partial charge in [-0.2, -0.15) is 0 Å². The largest absolute Gasteiger partial charge is 0.371 e. The molecule has 6 heteroatoms. The first-order chi connectivity index (χ1) is 10.1. The average Bonchev–Trinajstić information content (AvgIpc) is 3.03. The molecular formula is C15H16ClFN2O2. The van der Waals surface area contributed by atoms with Gasteiger partial charge in [0.25, 0.3) is 5.91 Å². The number of carbonyl (C=O) groups is 2. The minimum atomic E-state index is -0.703. The summed E-state index contributed by atoms with van der Waals surface area (Å²) in [6.45, 7) is 0. The third-order valence-corrected chi connectivity index (χ3v) is 4.37. The molecule has 1 aliphatic heterocycles. The third kappa shape index (κ3) is 2.75. The standard InChI is InChI=1S/C15H16ClFN2O2/c16-9-5-6-11(17)12(7-9)18-13-8-14(20)19(15(13)21)10-3-1-2-4-10/h5-7,10,13,18H,1-4,8H2. The number of carbonyl (C=O) groups excluding carboxylic acids is 2. The van der Waals surface area contributed by atoms with Crippen LogP contribution in [0, 0.1) is 5.82 Å². The Morgan fingerprint density at radius 1 is 1.24 bits per heavy atom. The fraction of sp³-hybridized carbons (Fsp3) is 0.467. The highest BCUT2D eigenvalue weighted by Gasteiger charge is 2.43. The predicted octanol–water partition coefficient (Wildman–Crippen LogP) is 2.96. The van der Waals surface area contributed by atoms with Gasteiger partial charge in [0.15, 0.2) is 0 Å². The van der Waals surface area contributed by atoms with Crippen molar-refractivity contribution < 1.29 is 14.0 Å². The summed E-state index contributed by atoms with van der Waals surface area (Å²) >= 11 is 5.83. The summed E-state index contributed by atoms with van der Waals surface area (Å²) in [6.07, 6.45) is 3.90. The first kappa shape index (κ1) is 14.3. The van der Waals surface area contributed by atoms with Crippen molar-refractivity contribution in [3.63, 3.8) is 0 Å². The smallest absolute Gasteiger partial charge is 0.252 e. The summed E-state index contributed by atoms with van der Waals surface area (Å²) in [5.41, 5.74) is 0.155. The Hall–Kier alpha value is -1.62. The fourth-order valence-electron chi connectivity index (χ4n) is 3.11. The van der Waals surface area contributed by atoms with Crippen LogP contribution in [0.3, 0.4) is 0 Å². The highest BCUT2D eigenvalue weighted by atomic mass is 35.5. The monoisotopic (exact) mass is 310 g/mol. The molecule has 112 valence electrons. The minimum Gasteiger partial charge on any atom is -0.371 e. The molecule has 0 radical (unpaired) electrons. The van der Waals surface area contributed by atoms with E-state index in [0.717, 1.165) is 25.7 Å². The van der Waals surface area contributed by atoms with Crippen LogP contribution in [-0.4, -0.2) is 28.8 Å². The predicted molar refractivity (Wildman–Crippen MR) is 77.5 cm³/mol. The molecule has 21 heavy (non-hydrogen) atoms. The van der Waals surface area contributed by atoms with E-state index in [0.29, 0.717) is 5.02 Å². The number of amides is 2. The van der Waals surface area contributed by atoms with Crippen LogP contribution in [-0.2, 0) is 9.59 Å². The third-order valence-electron chi connectivity index (χ3n) is 4.13. The lowest BCUT2D eigenvalue weighted by Crippen LogP contribution is -2.41. The lowest BCUT2D eigenvalue weighted by Gasteiger charge is -2.22.